The summed E-state index contributed by atoms with van der Waals surface area (Å²) >= 11 is 0. The van der Waals surface area contributed by atoms with Gasteiger partial charge in [-0.15, -0.1) is 0 Å². The van der Waals surface area contributed by atoms with Crippen LogP contribution in [0.2, 0.25) is 0 Å². The number of phenolic OH excluding ortho intramolecular Hbond substituents is 3. The van der Waals surface area contributed by atoms with Crippen LogP contribution in [0.4, 0.5) is 0 Å². The highest BCUT2D eigenvalue weighted by Crippen LogP contribution is 2.51. The second-order valence-corrected chi connectivity index (χ2v) is 13.2. The van der Waals surface area contributed by atoms with Gasteiger partial charge < -0.3 is 35.0 Å². The molecule has 2 aliphatic rings. The SMILES string of the molecule is CCCCCCOC1=C[CH+]C(=C[CH+]c2cc(=O)c(C3C(O)=C(c4c(O)cc(/C=C/c5ccc(OCCCCCC)cc5)cc4O)C3O)c(O)[cH-]2)C=C1. The third-order valence-electron chi connectivity index (χ3n) is 9.25. The minimum atomic E-state index is -1.46. The van der Waals surface area contributed by atoms with Crippen molar-refractivity contribution in [3.05, 3.63) is 141 Å². The van der Waals surface area contributed by atoms with E-state index in [0.717, 1.165) is 48.3 Å². The molecule has 0 bridgehead atoms. The summed E-state index contributed by atoms with van der Waals surface area (Å²) in [5, 5.41) is 54.6. The summed E-state index contributed by atoms with van der Waals surface area (Å²) < 4.78 is 11.6. The zero-order valence-corrected chi connectivity index (χ0v) is 29.9. The summed E-state index contributed by atoms with van der Waals surface area (Å²) in [6.07, 6.45) is 22.2. The van der Waals surface area contributed by atoms with E-state index in [0.29, 0.717) is 24.3 Å². The van der Waals surface area contributed by atoms with Crippen molar-refractivity contribution in [1.82, 2.24) is 0 Å². The summed E-state index contributed by atoms with van der Waals surface area (Å²) in [5.74, 6) is -1.16. The molecule has 52 heavy (non-hydrogen) atoms. The second kappa shape index (κ2) is 18.2. The monoisotopic (exact) mass is 705 g/mol. The molecule has 0 heterocycles. The fourth-order valence-corrected chi connectivity index (χ4v) is 6.33. The Morgan fingerprint density at radius 1 is 0.827 bits per heavy atom. The van der Waals surface area contributed by atoms with Gasteiger partial charge in [0.2, 0.25) is 0 Å². The predicted molar refractivity (Wildman–Crippen MR) is 206 cm³/mol. The summed E-state index contributed by atoms with van der Waals surface area (Å²) in [7, 11) is 0. The molecule has 2 unspecified atom stereocenters. The molecule has 272 valence electrons. The fourth-order valence-electron chi connectivity index (χ4n) is 6.33. The Labute approximate surface area is 306 Å². The lowest BCUT2D eigenvalue weighted by Gasteiger charge is -2.36. The van der Waals surface area contributed by atoms with Gasteiger partial charge in [0.15, 0.2) is 11.2 Å². The third-order valence-corrected chi connectivity index (χ3v) is 9.25. The molecule has 8 nitrogen and oxygen atoms in total. The first kappa shape index (κ1) is 37.9. The van der Waals surface area contributed by atoms with E-state index in [1.807, 2.05) is 55.0 Å². The van der Waals surface area contributed by atoms with Gasteiger partial charge in [-0.3, -0.25) is 4.79 Å². The highest BCUT2D eigenvalue weighted by atomic mass is 16.5. The van der Waals surface area contributed by atoms with Crippen molar-refractivity contribution in [1.29, 1.82) is 0 Å². The van der Waals surface area contributed by atoms with E-state index in [1.54, 1.807) is 18.6 Å². The Hall–Kier alpha value is -5.34. The maximum Gasteiger partial charge on any atom is 0.198 e. The number of hydrogen-bond donors (Lipinski definition) is 5. The quantitative estimate of drug-likeness (QED) is 0.0502. The molecule has 3 aromatic carbocycles. The molecular formula is C44H49O8+. The number of phenols is 3. The van der Waals surface area contributed by atoms with Crippen molar-refractivity contribution in [3.8, 4) is 23.0 Å². The van der Waals surface area contributed by atoms with Crippen LogP contribution in [0.25, 0.3) is 17.7 Å². The molecule has 8 heteroatoms. The van der Waals surface area contributed by atoms with E-state index in [9.17, 15) is 30.3 Å². The van der Waals surface area contributed by atoms with E-state index >= 15 is 0 Å². The zero-order chi connectivity index (χ0) is 37.0. The van der Waals surface area contributed by atoms with Gasteiger partial charge in [0.05, 0.1) is 47.5 Å². The molecule has 5 rings (SSSR count). The summed E-state index contributed by atoms with van der Waals surface area (Å²) in [4.78, 5) is 13.1. The van der Waals surface area contributed by atoms with Crippen molar-refractivity contribution in [2.24, 2.45) is 0 Å². The van der Waals surface area contributed by atoms with Crippen LogP contribution < -0.4 is 10.2 Å². The Morgan fingerprint density at radius 3 is 2.08 bits per heavy atom. The first-order chi connectivity index (χ1) is 25.2. The van der Waals surface area contributed by atoms with Crippen LogP contribution in [0.5, 0.6) is 23.0 Å². The zero-order valence-electron chi connectivity index (χ0n) is 29.9. The molecule has 0 spiro atoms. The number of aliphatic hydroxyl groups excluding tert-OH is 2. The van der Waals surface area contributed by atoms with Gasteiger partial charge in [0, 0.05) is 24.1 Å². The third kappa shape index (κ3) is 9.50. The highest BCUT2D eigenvalue weighted by molar-refractivity contribution is 5.87. The number of aromatic hydroxyl groups is 3. The van der Waals surface area contributed by atoms with Crippen molar-refractivity contribution in [2.45, 2.75) is 77.2 Å². The number of benzene rings is 3. The highest BCUT2D eigenvalue weighted by Gasteiger charge is 2.45. The van der Waals surface area contributed by atoms with Crippen LogP contribution in [-0.2, 0) is 4.74 Å². The van der Waals surface area contributed by atoms with Gasteiger partial charge in [-0.25, -0.2) is 0 Å². The number of rotatable bonds is 18. The van der Waals surface area contributed by atoms with E-state index in [2.05, 4.69) is 13.8 Å². The molecule has 3 aromatic rings. The van der Waals surface area contributed by atoms with Crippen LogP contribution >= 0.6 is 0 Å². The average molecular weight is 706 g/mol. The van der Waals surface area contributed by atoms with Crippen LogP contribution in [0.15, 0.2) is 94.7 Å². The van der Waals surface area contributed by atoms with Gasteiger partial charge in [0.25, 0.3) is 0 Å². The molecule has 2 atom stereocenters. The molecule has 5 N–H and O–H groups in total. The number of unbranched alkanes of at least 4 members (excludes halogenated alkanes) is 6. The van der Waals surface area contributed by atoms with Gasteiger partial charge in [0.1, 0.15) is 35.4 Å². The van der Waals surface area contributed by atoms with E-state index in [1.165, 1.54) is 49.9 Å². The molecule has 0 fully saturated rings. The van der Waals surface area contributed by atoms with Crippen LogP contribution in [-0.4, -0.2) is 44.9 Å². The smallest absolute Gasteiger partial charge is 0.198 e. The lowest BCUT2D eigenvalue weighted by atomic mass is 9.72. The minimum absolute atomic E-state index is 0.114. The van der Waals surface area contributed by atoms with Crippen molar-refractivity contribution < 1.29 is 35.0 Å². The van der Waals surface area contributed by atoms with E-state index < -0.39 is 23.2 Å². The molecule has 0 radical (unpaired) electrons. The summed E-state index contributed by atoms with van der Waals surface area (Å²) in [6.45, 7) is 5.70. The van der Waals surface area contributed by atoms with Crippen LogP contribution in [0, 0.1) is 12.8 Å². The number of aliphatic hydroxyl groups is 2. The standard InChI is InChI=1S/C44H48O8/c1-3-5-7-9-23-51-33-19-15-29(16-20-33)11-13-31-25-35(45)39(36(46)26-31)41-43(49)42(44(41)50)40-37(47)27-32(28-38(40)48)14-12-30-17-21-34(22-18-30)52-24-10-8-6-4-2/h11-22,25-28,41,43,49H,3-10,23-24H2,1-2H3,(H3-,45,46,47,48,50)/p+1/b14-12+. The first-order valence-corrected chi connectivity index (χ1v) is 18.2. The number of allylic oxidation sites excluding steroid dienone is 5. The lowest BCUT2D eigenvalue weighted by molar-refractivity contribution is 0.150. The molecule has 0 aliphatic heterocycles. The van der Waals surface area contributed by atoms with Crippen molar-refractivity contribution in [3.63, 3.8) is 0 Å². The van der Waals surface area contributed by atoms with Gasteiger partial charge in [-0.1, -0.05) is 76.7 Å². The number of hydrogen-bond acceptors (Lipinski definition) is 8. The lowest BCUT2D eigenvalue weighted by Crippen LogP contribution is -2.36. The second-order valence-electron chi connectivity index (χ2n) is 13.2. The molecular weight excluding hydrogens is 656 g/mol. The predicted octanol–water partition coefficient (Wildman–Crippen LogP) is 9.17. The molecule has 0 saturated heterocycles. The fraction of sp³-hybridized carbons (Fsp3) is 0.318. The normalized spacial score (nSPS) is 17.6. The topological polar surface area (TPSA) is 137 Å². The van der Waals surface area contributed by atoms with Gasteiger partial charge in [-0.05, 0) is 72.4 Å². The largest absolute Gasteiger partial charge is 0.511 e. The van der Waals surface area contributed by atoms with Crippen molar-refractivity contribution in [2.75, 3.05) is 13.2 Å². The molecule has 2 aliphatic carbocycles. The van der Waals surface area contributed by atoms with Crippen LogP contribution in [0.3, 0.4) is 0 Å². The van der Waals surface area contributed by atoms with Gasteiger partial charge >= 0.3 is 0 Å². The molecule has 0 amide bonds. The van der Waals surface area contributed by atoms with Crippen molar-refractivity contribution >= 4 is 17.7 Å². The maximum atomic E-state index is 13.1. The van der Waals surface area contributed by atoms with E-state index in [-0.39, 0.29) is 33.9 Å². The number of ether oxygens (including phenoxy) is 2. The summed E-state index contributed by atoms with van der Waals surface area (Å²) in [5.41, 5.74) is 1.71. The Bertz CT molecular complexity index is 1870. The van der Waals surface area contributed by atoms with Gasteiger partial charge in [-0.2, -0.15) is 0 Å². The average Bonchev–Trinajstić information content (AvgIpc) is 3.13. The Kier molecular flexibility index (Phi) is 13.3. The van der Waals surface area contributed by atoms with E-state index in [4.69, 9.17) is 9.47 Å². The maximum absolute atomic E-state index is 13.1. The summed E-state index contributed by atoms with van der Waals surface area (Å²) in [6, 6.07) is 13.1. The first-order valence-electron chi connectivity index (χ1n) is 18.2. The molecule has 0 saturated carbocycles. The van der Waals surface area contributed by atoms with Crippen LogP contribution in [0.1, 0.15) is 98.9 Å². The Balaban J connectivity index is 1.21. The minimum Gasteiger partial charge on any atom is -0.511 e. The molecule has 0 aromatic heterocycles. The Morgan fingerprint density at radius 2 is 1.48 bits per heavy atom.